The summed E-state index contributed by atoms with van der Waals surface area (Å²) in [7, 11) is -4.32. The van der Waals surface area contributed by atoms with Crippen LogP contribution < -0.4 is 10.2 Å². The van der Waals surface area contributed by atoms with E-state index in [-0.39, 0.29) is 13.2 Å². The molecule has 0 aromatic heterocycles. The summed E-state index contributed by atoms with van der Waals surface area (Å²) in [6.45, 7) is 5.55. The molecular weight excluding hydrogens is 357 g/mol. The minimum Gasteiger partial charge on any atom is -0.756 e. The molecule has 26 heavy (non-hydrogen) atoms. The predicted molar refractivity (Wildman–Crippen MR) is 95.1 cm³/mol. The second kappa shape index (κ2) is 9.23. The van der Waals surface area contributed by atoms with Crippen molar-refractivity contribution in [3.8, 4) is 11.8 Å². The van der Waals surface area contributed by atoms with E-state index in [4.69, 9.17) is 13.8 Å². The van der Waals surface area contributed by atoms with Crippen molar-refractivity contribution in [3.63, 3.8) is 0 Å². The third-order valence-electron chi connectivity index (χ3n) is 4.47. The molecule has 1 amide bonds. The molecule has 2 aliphatic carbocycles. The van der Waals surface area contributed by atoms with Crippen LogP contribution in [0.15, 0.2) is 0 Å². The Hall–Kier alpha value is -1.06. The fourth-order valence-corrected chi connectivity index (χ4v) is 4.38. The average Bonchev–Trinajstić information content (AvgIpc) is 3.11. The van der Waals surface area contributed by atoms with Gasteiger partial charge in [-0.3, -0.25) is 4.57 Å². The molecule has 0 saturated heterocycles. The minimum atomic E-state index is -4.32. The number of carbonyl (C=O) groups is 1. The van der Waals surface area contributed by atoms with Crippen molar-refractivity contribution in [1.29, 1.82) is 0 Å². The van der Waals surface area contributed by atoms with Gasteiger partial charge in [-0.2, -0.15) is 0 Å². The third kappa shape index (κ3) is 7.67. The SMILES string of the molecule is CC(C)(C)OP(=O)([O-])OCCCNC(=O)OCC1C2CCC#CCCC21. The Morgan fingerprint density at radius 1 is 1.23 bits per heavy atom. The van der Waals surface area contributed by atoms with Crippen LogP contribution >= 0.6 is 7.82 Å². The monoisotopic (exact) mass is 386 g/mol. The normalized spacial score (nSPS) is 27.0. The molecule has 7 nitrogen and oxygen atoms in total. The summed E-state index contributed by atoms with van der Waals surface area (Å²) in [6, 6.07) is 0. The Balaban J connectivity index is 1.53. The van der Waals surface area contributed by atoms with E-state index in [0.29, 0.717) is 30.8 Å². The summed E-state index contributed by atoms with van der Waals surface area (Å²) in [5, 5.41) is 2.61. The van der Waals surface area contributed by atoms with E-state index in [1.807, 2.05) is 0 Å². The van der Waals surface area contributed by atoms with Crippen molar-refractivity contribution >= 4 is 13.9 Å². The second-order valence-electron chi connectivity index (χ2n) is 7.79. The zero-order chi connectivity index (χ0) is 19.2. The molecule has 1 fully saturated rings. The van der Waals surface area contributed by atoms with Crippen molar-refractivity contribution in [2.75, 3.05) is 19.8 Å². The number of amides is 1. The maximum absolute atomic E-state index is 11.7. The molecule has 0 aromatic rings. The van der Waals surface area contributed by atoms with Crippen LogP contribution in [0.3, 0.4) is 0 Å². The van der Waals surface area contributed by atoms with E-state index >= 15 is 0 Å². The van der Waals surface area contributed by atoms with Gasteiger partial charge in [-0.05, 0) is 57.8 Å². The molecule has 0 heterocycles. The molecule has 0 aliphatic heterocycles. The number of fused-ring (bicyclic) bond motifs is 1. The first-order chi connectivity index (χ1) is 12.2. The van der Waals surface area contributed by atoms with Crippen LogP contribution in [0.4, 0.5) is 4.79 Å². The van der Waals surface area contributed by atoms with Crippen molar-refractivity contribution in [2.24, 2.45) is 17.8 Å². The summed E-state index contributed by atoms with van der Waals surface area (Å²) in [6.07, 6.45) is 3.93. The van der Waals surface area contributed by atoms with E-state index in [1.165, 1.54) is 0 Å². The van der Waals surface area contributed by atoms with Crippen molar-refractivity contribution in [3.05, 3.63) is 0 Å². The van der Waals surface area contributed by atoms with Crippen molar-refractivity contribution in [2.45, 2.75) is 58.5 Å². The van der Waals surface area contributed by atoms with Gasteiger partial charge in [0.15, 0.2) is 0 Å². The Kier molecular flexibility index (Phi) is 7.54. The van der Waals surface area contributed by atoms with E-state index < -0.39 is 19.5 Å². The van der Waals surface area contributed by atoms with Gasteiger partial charge in [-0.25, -0.2) is 4.79 Å². The van der Waals surface area contributed by atoms with Gasteiger partial charge in [0.1, 0.15) is 0 Å². The van der Waals surface area contributed by atoms with Gasteiger partial charge in [0.05, 0.1) is 18.8 Å². The van der Waals surface area contributed by atoms with Gasteiger partial charge in [0, 0.05) is 19.4 Å². The standard InChI is InChI=1S/C18H30NO6P/c1-18(2,3)25-26(21,22)24-12-8-11-19-17(20)23-13-16-14-9-6-4-5-7-10-15(14)16/h14-16H,6-13H2,1-3H3,(H,19,20)(H,21,22)/p-1. The molecule has 8 heteroatoms. The summed E-state index contributed by atoms with van der Waals surface area (Å²) in [5.41, 5.74) is -0.830. The molecule has 1 saturated carbocycles. The summed E-state index contributed by atoms with van der Waals surface area (Å²) in [4.78, 5) is 23.3. The highest BCUT2D eigenvalue weighted by Crippen LogP contribution is 2.52. The van der Waals surface area contributed by atoms with Gasteiger partial charge in [-0.1, -0.05) is 0 Å². The zero-order valence-corrected chi connectivity index (χ0v) is 16.7. The van der Waals surface area contributed by atoms with Crippen LogP contribution in [0.25, 0.3) is 0 Å². The van der Waals surface area contributed by atoms with Crippen LogP contribution in [-0.2, 0) is 18.3 Å². The Labute approximate surface area is 155 Å². The first-order valence-corrected chi connectivity index (χ1v) is 10.7. The zero-order valence-electron chi connectivity index (χ0n) is 15.8. The highest BCUT2D eigenvalue weighted by Gasteiger charge is 2.49. The highest BCUT2D eigenvalue weighted by molar-refractivity contribution is 7.45. The Morgan fingerprint density at radius 3 is 2.42 bits per heavy atom. The number of nitrogens with one attached hydrogen (secondary N) is 1. The van der Waals surface area contributed by atoms with Crippen LogP contribution in [0.2, 0.25) is 0 Å². The lowest BCUT2D eigenvalue weighted by atomic mass is 10.1. The van der Waals surface area contributed by atoms with E-state index in [1.54, 1.807) is 20.8 Å². The molecule has 2 aliphatic rings. The highest BCUT2D eigenvalue weighted by atomic mass is 31.2. The number of rotatable bonds is 8. The van der Waals surface area contributed by atoms with Gasteiger partial charge < -0.3 is 24.0 Å². The smallest absolute Gasteiger partial charge is 0.407 e. The molecule has 148 valence electrons. The Morgan fingerprint density at radius 2 is 1.85 bits per heavy atom. The Bertz CT molecular complexity index is 573. The number of phosphoric acid groups is 1. The van der Waals surface area contributed by atoms with Gasteiger partial charge in [0.2, 0.25) is 0 Å². The average molecular weight is 386 g/mol. The summed E-state index contributed by atoms with van der Waals surface area (Å²) >= 11 is 0. The number of hydrogen-bond donors (Lipinski definition) is 1. The first kappa shape index (κ1) is 21.2. The quantitative estimate of drug-likeness (QED) is 0.391. The van der Waals surface area contributed by atoms with E-state index in [9.17, 15) is 14.3 Å². The maximum Gasteiger partial charge on any atom is 0.407 e. The summed E-state index contributed by atoms with van der Waals surface area (Å²) in [5.74, 6) is 8.05. The predicted octanol–water partition coefficient (Wildman–Crippen LogP) is 2.84. The molecule has 3 atom stereocenters. The molecule has 0 aromatic carbocycles. The molecule has 2 rings (SSSR count). The van der Waals surface area contributed by atoms with Crippen LogP contribution in [-0.4, -0.2) is 31.5 Å². The van der Waals surface area contributed by atoms with Crippen LogP contribution in [0, 0.1) is 29.6 Å². The van der Waals surface area contributed by atoms with E-state index in [0.717, 1.165) is 25.7 Å². The fourth-order valence-electron chi connectivity index (χ4n) is 3.31. The second-order valence-corrected chi connectivity index (χ2v) is 9.12. The molecule has 0 bridgehead atoms. The lowest BCUT2D eigenvalue weighted by molar-refractivity contribution is -0.233. The maximum atomic E-state index is 11.7. The molecule has 1 N–H and O–H groups in total. The van der Waals surface area contributed by atoms with Gasteiger partial charge in [0.25, 0.3) is 7.82 Å². The first-order valence-electron chi connectivity index (χ1n) is 9.21. The molecular formula is C18H29NO6P-. The van der Waals surface area contributed by atoms with Gasteiger partial charge >= 0.3 is 6.09 Å². The van der Waals surface area contributed by atoms with Crippen molar-refractivity contribution < 1.29 is 28.0 Å². The van der Waals surface area contributed by atoms with E-state index in [2.05, 4.69) is 17.2 Å². The largest absolute Gasteiger partial charge is 0.756 e. The minimum absolute atomic E-state index is 0.0517. The molecule has 0 radical (unpaired) electrons. The van der Waals surface area contributed by atoms with Gasteiger partial charge in [-0.15, -0.1) is 11.8 Å². The number of alkyl carbamates (subject to hydrolysis) is 1. The molecule has 3 unspecified atom stereocenters. The number of hydrogen-bond acceptors (Lipinski definition) is 6. The number of ether oxygens (including phenoxy) is 1. The third-order valence-corrected chi connectivity index (χ3v) is 5.74. The van der Waals surface area contributed by atoms with Crippen molar-refractivity contribution in [1.82, 2.24) is 5.32 Å². The lowest BCUT2D eigenvalue weighted by Crippen LogP contribution is -2.27. The molecule has 0 spiro atoms. The van der Waals surface area contributed by atoms with Crippen LogP contribution in [0.5, 0.6) is 0 Å². The lowest BCUT2D eigenvalue weighted by Gasteiger charge is -2.30. The fraction of sp³-hybridized carbons (Fsp3) is 0.833. The van der Waals surface area contributed by atoms with Crippen LogP contribution in [0.1, 0.15) is 52.9 Å². The number of phosphoric ester groups is 1. The topological polar surface area (TPSA) is 96.9 Å². The number of carbonyl (C=O) groups excluding carboxylic acids is 1. The summed E-state index contributed by atoms with van der Waals surface area (Å²) < 4.78 is 26.4.